The first-order valence-electron chi connectivity index (χ1n) is 6.95. The summed E-state index contributed by atoms with van der Waals surface area (Å²) in [6.45, 7) is 7.97. The van der Waals surface area contributed by atoms with Gasteiger partial charge in [-0.15, -0.1) is 0 Å². The van der Waals surface area contributed by atoms with Crippen LogP contribution in [0, 0.1) is 0 Å². The monoisotopic (exact) mass is 314 g/mol. The lowest BCUT2D eigenvalue weighted by atomic mass is 10.1. The van der Waals surface area contributed by atoms with Crippen LogP contribution in [0.4, 0.5) is 0 Å². The summed E-state index contributed by atoms with van der Waals surface area (Å²) in [6.07, 6.45) is 3.49. The normalized spacial score (nSPS) is 10.6. The van der Waals surface area contributed by atoms with E-state index in [1.54, 1.807) is 12.2 Å². The minimum absolute atomic E-state index is 0.239. The molecule has 0 radical (unpaired) electrons. The Balaban J connectivity index is 1.88. The first-order chi connectivity index (χ1) is 10.7. The quantitative estimate of drug-likeness (QED) is 0.636. The van der Waals surface area contributed by atoms with Crippen molar-refractivity contribution >= 4 is 20.4 Å². The smallest absolute Gasteiger partial charge is 0.306 e. The molecule has 0 amide bonds. The van der Waals surface area contributed by atoms with Gasteiger partial charge in [0.25, 0.3) is 0 Å². The SMILES string of the molecule is C=Cc1ccccc1CO[PH](=O)OCc1ccccc1C=C. The van der Waals surface area contributed by atoms with Crippen molar-refractivity contribution in [2.45, 2.75) is 13.2 Å². The lowest BCUT2D eigenvalue weighted by molar-refractivity contribution is 0.212. The highest BCUT2D eigenvalue weighted by Crippen LogP contribution is 2.29. The van der Waals surface area contributed by atoms with Crippen molar-refractivity contribution in [1.29, 1.82) is 0 Å². The van der Waals surface area contributed by atoms with E-state index < -0.39 is 8.25 Å². The largest absolute Gasteiger partial charge is 0.319 e. The van der Waals surface area contributed by atoms with Gasteiger partial charge in [-0.25, -0.2) is 0 Å². The molecule has 0 aromatic heterocycles. The van der Waals surface area contributed by atoms with Gasteiger partial charge in [-0.2, -0.15) is 0 Å². The first-order valence-corrected chi connectivity index (χ1v) is 8.17. The molecule has 0 N–H and O–H groups in total. The maximum absolute atomic E-state index is 11.9. The summed E-state index contributed by atoms with van der Waals surface area (Å²) in [5.41, 5.74) is 3.81. The van der Waals surface area contributed by atoms with E-state index >= 15 is 0 Å². The Labute approximate surface area is 131 Å². The van der Waals surface area contributed by atoms with E-state index in [-0.39, 0.29) is 13.2 Å². The predicted molar refractivity (Wildman–Crippen MR) is 91.6 cm³/mol. The zero-order valence-electron chi connectivity index (χ0n) is 12.3. The van der Waals surface area contributed by atoms with Crippen LogP contribution in [0.5, 0.6) is 0 Å². The van der Waals surface area contributed by atoms with E-state index in [0.29, 0.717) is 0 Å². The van der Waals surface area contributed by atoms with E-state index in [0.717, 1.165) is 22.3 Å². The summed E-state index contributed by atoms with van der Waals surface area (Å²) in [4.78, 5) is 0. The highest BCUT2D eigenvalue weighted by Gasteiger charge is 2.05. The molecule has 0 saturated heterocycles. The molecule has 0 atom stereocenters. The van der Waals surface area contributed by atoms with E-state index in [9.17, 15) is 4.57 Å². The van der Waals surface area contributed by atoms with Crippen LogP contribution in [0.15, 0.2) is 61.7 Å². The minimum Gasteiger partial charge on any atom is -0.306 e. The molecule has 0 saturated carbocycles. The van der Waals surface area contributed by atoms with E-state index in [2.05, 4.69) is 13.2 Å². The maximum Gasteiger partial charge on any atom is 0.319 e. The fourth-order valence-corrected chi connectivity index (χ4v) is 2.67. The fourth-order valence-electron chi connectivity index (χ4n) is 2.04. The molecule has 4 heteroatoms. The van der Waals surface area contributed by atoms with Crippen molar-refractivity contribution in [3.8, 4) is 0 Å². The van der Waals surface area contributed by atoms with Crippen LogP contribution < -0.4 is 0 Å². The van der Waals surface area contributed by atoms with Gasteiger partial charge in [0, 0.05) is 0 Å². The zero-order valence-corrected chi connectivity index (χ0v) is 13.3. The Hall–Kier alpha value is -1.93. The van der Waals surface area contributed by atoms with Gasteiger partial charge in [0.1, 0.15) is 0 Å². The third-order valence-corrected chi connectivity index (χ3v) is 4.00. The van der Waals surface area contributed by atoms with Crippen LogP contribution in [0.1, 0.15) is 22.3 Å². The molecule has 2 aromatic carbocycles. The molecular formula is C18H19O3P. The van der Waals surface area contributed by atoms with Crippen LogP contribution in [0.2, 0.25) is 0 Å². The van der Waals surface area contributed by atoms with Crippen molar-refractivity contribution in [2.75, 3.05) is 0 Å². The van der Waals surface area contributed by atoms with Crippen LogP contribution in [-0.4, -0.2) is 0 Å². The minimum atomic E-state index is -2.55. The van der Waals surface area contributed by atoms with Gasteiger partial charge >= 0.3 is 8.25 Å². The highest BCUT2D eigenvalue weighted by molar-refractivity contribution is 7.33. The second-order valence-corrected chi connectivity index (χ2v) is 5.71. The molecule has 0 bridgehead atoms. The van der Waals surface area contributed by atoms with Crippen molar-refractivity contribution in [3.63, 3.8) is 0 Å². The molecule has 22 heavy (non-hydrogen) atoms. The third-order valence-electron chi connectivity index (χ3n) is 3.24. The van der Waals surface area contributed by atoms with Crippen LogP contribution in [-0.2, 0) is 26.8 Å². The molecule has 0 fully saturated rings. The summed E-state index contributed by atoms with van der Waals surface area (Å²) >= 11 is 0. The fraction of sp³-hybridized carbons (Fsp3) is 0.111. The number of hydrogen-bond acceptors (Lipinski definition) is 3. The predicted octanol–water partition coefficient (Wildman–Crippen LogP) is 5.10. The molecule has 0 unspecified atom stereocenters. The van der Waals surface area contributed by atoms with Crippen molar-refractivity contribution in [3.05, 3.63) is 83.9 Å². The third kappa shape index (κ3) is 4.54. The molecule has 0 heterocycles. The molecule has 2 aromatic rings. The molecule has 0 aliphatic heterocycles. The second-order valence-electron chi connectivity index (χ2n) is 4.63. The second kappa shape index (κ2) is 8.50. The summed E-state index contributed by atoms with van der Waals surface area (Å²) in [5.74, 6) is 0. The van der Waals surface area contributed by atoms with Crippen molar-refractivity contribution < 1.29 is 13.6 Å². The van der Waals surface area contributed by atoms with E-state index in [1.807, 2.05) is 48.5 Å². The Kier molecular flexibility index (Phi) is 6.35. The first kappa shape index (κ1) is 16.4. The van der Waals surface area contributed by atoms with Gasteiger partial charge in [0.15, 0.2) is 0 Å². The molecule has 2 rings (SSSR count). The Morgan fingerprint density at radius 1 is 0.818 bits per heavy atom. The van der Waals surface area contributed by atoms with E-state index in [4.69, 9.17) is 9.05 Å². The van der Waals surface area contributed by atoms with Gasteiger partial charge in [-0.3, -0.25) is 4.57 Å². The number of hydrogen-bond donors (Lipinski definition) is 0. The zero-order chi connectivity index (χ0) is 15.8. The lowest BCUT2D eigenvalue weighted by Gasteiger charge is -2.09. The van der Waals surface area contributed by atoms with Crippen molar-refractivity contribution in [1.82, 2.24) is 0 Å². The van der Waals surface area contributed by atoms with Crippen LogP contribution >= 0.6 is 8.25 Å². The van der Waals surface area contributed by atoms with Gasteiger partial charge in [0.2, 0.25) is 0 Å². The van der Waals surface area contributed by atoms with Crippen LogP contribution in [0.25, 0.3) is 12.2 Å². The molecule has 0 aliphatic rings. The standard InChI is InChI=1S/C18H19O3P/c1-3-15-9-5-7-11-17(15)13-20-22(19)21-14-18-12-8-6-10-16(18)4-2/h3-12,22H,1-2,13-14H2. The maximum atomic E-state index is 11.9. The Bertz CT molecular complexity index is 622. The summed E-state index contributed by atoms with van der Waals surface area (Å²) in [6, 6.07) is 15.4. The number of benzene rings is 2. The average molecular weight is 314 g/mol. The lowest BCUT2D eigenvalue weighted by Crippen LogP contribution is -1.93. The Morgan fingerprint density at radius 2 is 1.23 bits per heavy atom. The Morgan fingerprint density at radius 3 is 1.64 bits per heavy atom. The van der Waals surface area contributed by atoms with Gasteiger partial charge < -0.3 is 9.05 Å². The molecule has 114 valence electrons. The van der Waals surface area contributed by atoms with E-state index in [1.165, 1.54) is 0 Å². The highest BCUT2D eigenvalue weighted by atomic mass is 31.1. The van der Waals surface area contributed by atoms with Gasteiger partial charge in [-0.05, 0) is 22.3 Å². The van der Waals surface area contributed by atoms with Gasteiger partial charge in [0.05, 0.1) is 13.2 Å². The van der Waals surface area contributed by atoms with Gasteiger partial charge in [-0.1, -0.05) is 73.8 Å². The van der Waals surface area contributed by atoms with Crippen LogP contribution in [0.3, 0.4) is 0 Å². The van der Waals surface area contributed by atoms with Crippen molar-refractivity contribution in [2.24, 2.45) is 0 Å². The molecule has 0 spiro atoms. The number of rotatable bonds is 8. The molecule has 0 aliphatic carbocycles. The topological polar surface area (TPSA) is 35.5 Å². The summed E-state index contributed by atoms with van der Waals surface area (Å²) < 4.78 is 22.5. The summed E-state index contributed by atoms with van der Waals surface area (Å²) in [7, 11) is -2.55. The molecular weight excluding hydrogens is 295 g/mol. The summed E-state index contributed by atoms with van der Waals surface area (Å²) in [5, 5.41) is 0. The molecule has 3 nitrogen and oxygen atoms in total. The average Bonchev–Trinajstić information content (AvgIpc) is 2.58.